The molecule has 1 rings (SSSR count). The van der Waals surface area contributed by atoms with Gasteiger partial charge in [0.2, 0.25) is 0 Å². The maximum Gasteiger partial charge on any atom is 0.194 e. The van der Waals surface area contributed by atoms with Crippen molar-refractivity contribution in [2.45, 2.75) is 6.42 Å². The van der Waals surface area contributed by atoms with Crippen LogP contribution in [0.5, 0.6) is 0 Å². The molecule has 1 aromatic rings. The van der Waals surface area contributed by atoms with E-state index in [0.717, 1.165) is 12.1 Å². The van der Waals surface area contributed by atoms with Crippen molar-refractivity contribution in [2.24, 2.45) is 5.73 Å². The Morgan fingerprint density at radius 3 is 2.08 bits per heavy atom. The summed E-state index contributed by atoms with van der Waals surface area (Å²) in [6.45, 7) is 0. The Hall–Kier alpha value is -1.52. The van der Waals surface area contributed by atoms with Gasteiger partial charge < -0.3 is 5.73 Å². The van der Waals surface area contributed by atoms with Crippen molar-refractivity contribution < 1.29 is 13.2 Å². The van der Waals surface area contributed by atoms with Crippen molar-refractivity contribution in [3.63, 3.8) is 0 Å². The summed E-state index contributed by atoms with van der Waals surface area (Å²) < 4.78 is 37.5. The minimum Gasteiger partial charge on any atom is -0.387 e. The molecule has 0 heterocycles. The molecule has 70 valence electrons. The minimum absolute atomic E-state index is 0.0892. The van der Waals surface area contributed by atoms with Gasteiger partial charge in [-0.15, -0.1) is 0 Å². The minimum atomic E-state index is -1.51. The van der Waals surface area contributed by atoms with E-state index in [-0.39, 0.29) is 17.8 Å². The van der Waals surface area contributed by atoms with Gasteiger partial charge in [-0.1, -0.05) is 0 Å². The summed E-state index contributed by atoms with van der Waals surface area (Å²) in [7, 11) is 0. The molecule has 0 amide bonds. The van der Waals surface area contributed by atoms with Crippen molar-refractivity contribution in [1.29, 1.82) is 5.41 Å². The van der Waals surface area contributed by atoms with E-state index in [9.17, 15) is 13.2 Å². The van der Waals surface area contributed by atoms with Gasteiger partial charge in [-0.3, -0.25) is 5.41 Å². The highest BCUT2D eigenvalue weighted by Crippen LogP contribution is 2.13. The Labute approximate surface area is 72.7 Å². The van der Waals surface area contributed by atoms with Gasteiger partial charge in [0.25, 0.3) is 0 Å². The number of amidine groups is 1. The predicted molar refractivity (Wildman–Crippen MR) is 41.9 cm³/mol. The van der Waals surface area contributed by atoms with E-state index < -0.39 is 17.5 Å². The normalized spacial score (nSPS) is 10.1. The van der Waals surface area contributed by atoms with Crippen LogP contribution in [0.15, 0.2) is 12.1 Å². The Balaban J connectivity index is 3.06. The van der Waals surface area contributed by atoms with Gasteiger partial charge in [-0.2, -0.15) is 0 Å². The lowest BCUT2D eigenvalue weighted by Crippen LogP contribution is -2.13. The van der Waals surface area contributed by atoms with Crippen molar-refractivity contribution in [1.82, 2.24) is 0 Å². The second-order valence-electron chi connectivity index (χ2n) is 2.58. The monoisotopic (exact) mass is 188 g/mol. The Morgan fingerprint density at radius 2 is 1.69 bits per heavy atom. The molecule has 0 saturated carbocycles. The first-order chi connectivity index (χ1) is 6.00. The SMILES string of the molecule is N=C(N)Cc1cc(F)c(F)c(F)c1. The second-order valence-corrected chi connectivity index (χ2v) is 2.58. The molecule has 1 aromatic carbocycles. The average molecular weight is 188 g/mol. The van der Waals surface area contributed by atoms with E-state index >= 15 is 0 Å². The van der Waals surface area contributed by atoms with Gasteiger partial charge in [0.1, 0.15) is 0 Å². The molecule has 0 bridgehead atoms. The van der Waals surface area contributed by atoms with Crippen LogP contribution in [-0.4, -0.2) is 5.84 Å². The molecule has 0 aliphatic carbocycles. The number of nitrogens with two attached hydrogens (primary N) is 1. The average Bonchev–Trinajstić information content (AvgIpc) is 1.98. The maximum absolute atomic E-state index is 12.6. The fourth-order valence-electron chi connectivity index (χ4n) is 0.930. The van der Waals surface area contributed by atoms with Crippen LogP contribution >= 0.6 is 0 Å². The third kappa shape index (κ3) is 2.21. The summed E-state index contributed by atoms with van der Waals surface area (Å²) in [4.78, 5) is 0. The number of nitrogens with one attached hydrogen (secondary N) is 1. The Morgan fingerprint density at radius 1 is 1.23 bits per heavy atom. The standard InChI is InChI=1S/C8H7F3N2/c9-5-1-4(3-7(12)13)2-6(10)8(5)11/h1-2H,3H2,(H3,12,13). The van der Waals surface area contributed by atoms with E-state index in [0.29, 0.717) is 0 Å². The lowest BCUT2D eigenvalue weighted by molar-refractivity contribution is 0.446. The smallest absolute Gasteiger partial charge is 0.194 e. The first-order valence-corrected chi connectivity index (χ1v) is 3.47. The van der Waals surface area contributed by atoms with Gasteiger partial charge in [-0.25, -0.2) is 13.2 Å². The van der Waals surface area contributed by atoms with Crippen LogP contribution in [0.3, 0.4) is 0 Å². The molecular formula is C8H7F3N2. The highest BCUT2D eigenvalue weighted by molar-refractivity contribution is 5.79. The van der Waals surface area contributed by atoms with Crippen LogP contribution in [0.25, 0.3) is 0 Å². The van der Waals surface area contributed by atoms with Crippen LogP contribution in [0, 0.1) is 22.9 Å². The Bertz CT molecular complexity index is 326. The first-order valence-electron chi connectivity index (χ1n) is 3.47. The van der Waals surface area contributed by atoms with Gasteiger partial charge in [-0.05, 0) is 17.7 Å². The quantitative estimate of drug-likeness (QED) is 0.413. The molecule has 0 aromatic heterocycles. The second kappa shape index (κ2) is 3.47. The van der Waals surface area contributed by atoms with Crippen LogP contribution in [-0.2, 0) is 6.42 Å². The van der Waals surface area contributed by atoms with E-state index in [4.69, 9.17) is 11.1 Å². The van der Waals surface area contributed by atoms with E-state index in [1.54, 1.807) is 0 Å². The van der Waals surface area contributed by atoms with Crippen molar-refractivity contribution in [2.75, 3.05) is 0 Å². The number of rotatable bonds is 2. The van der Waals surface area contributed by atoms with Gasteiger partial charge in [0.05, 0.1) is 5.84 Å². The molecule has 5 heteroatoms. The first kappa shape index (κ1) is 9.57. The lowest BCUT2D eigenvalue weighted by atomic mass is 10.1. The largest absolute Gasteiger partial charge is 0.387 e. The zero-order valence-corrected chi connectivity index (χ0v) is 6.57. The molecule has 3 N–H and O–H groups in total. The molecule has 0 unspecified atom stereocenters. The molecule has 0 fully saturated rings. The molecule has 0 aliphatic rings. The molecule has 0 spiro atoms. The van der Waals surface area contributed by atoms with Gasteiger partial charge in [0, 0.05) is 6.42 Å². The highest BCUT2D eigenvalue weighted by atomic mass is 19.2. The van der Waals surface area contributed by atoms with Gasteiger partial charge >= 0.3 is 0 Å². The molecular weight excluding hydrogens is 181 g/mol. The molecule has 0 saturated heterocycles. The zero-order valence-electron chi connectivity index (χ0n) is 6.57. The van der Waals surface area contributed by atoms with Gasteiger partial charge in [0.15, 0.2) is 17.5 Å². The fourth-order valence-corrected chi connectivity index (χ4v) is 0.930. The van der Waals surface area contributed by atoms with E-state index in [1.165, 1.54) is 0 Å². The topological polar surface area (TPSA) is 49.9 Å². The van der Waals surface area contributed by atoms with Crippen molar-refractivity contribution in [3.8, 4) is 0 Å². The van der Waals surface area contributed by atoms with Crippen molar-refractivity contribution in [3.05, 3.63) is 35.1 Å². The summed E-state index contributed by atoms with van der Waals surface area (Å²) in [5.41, 5.74) is 5.15. The lowest BCUT2D eigenvalue weighted by Gasteiger charge is -2.01. The number of benzene rings is 1. The number of hydrogen-bond donors (Lipinski definition) is 2. The summed E-state index contributed by atoms with van der Waals surface area (Å²) >= 11 is 0. The van der Waals surface area contributed by atoms with Crippen LogP contribution in [0.2, 0.25) is 0 Å². The Kier molecular flexibility index (Phi) is 2.55. The molecule has 0 aliphatic heterocycles. The predicted octanol–water partition coefficient (Wildman–Crippen LogP) is 1.58. The zero-order chi connectivity index (χ0) is 10.0. The summed E-state index contributed by atoms with van der Waals surface area (Å²) in [5.74, 6) is -4.27. The molecule has 0 atom stereocenters. The molecule has 2 nitrogen and oxygen atoms in total. The summed E-state index contributed by atoms with van der Waals surface area (Å²) in [6.07, 6.45) is -0.0892. The number of hydrogen-bond acceptors (Lipinski definition) is 1. The third-order valence-corrected chi connectivity index (χ3v) is 1.44. The molecule has 13 heavy (non-hydrogen) atoms. The van der Waals surface area contributed by atoms with Crippen LogP contribution in [0.1, 0.15) is 5.56 Å². The fraction of sp³-hybridized carbons (Fsp3) is 0.125. The van der Waals surface area contributed by atoms with Crippen LogP contribution in [0.4, 0.5) is 13.2 Å². The molecule has 0 radical (unpaired) electrons. The third-order valence-electron chi connectivity index (χ3n) is 1.44. The van der Waals surface area contributed by atoms with E-state index in [1.807, 2.05) is 0 Å². The summed E-state index contributed by atoms with van der Waals surface area (Å²) in [5, 5.41) is 6.87. The van der Waals surface area contributed by atoms with Crippen LogP contribution < -0.4 is 5.73 Å². The van der Waals surface area contributed by atoms with Crippen molar-refractivity contribution >= 4 is 5.84 Å². The highest BCUT2D eigenvalue weighted by Gasteiger charge is 2.10. The summed E-state index contributed by atoms with van der Waals surface area (Å²) in [6, 6.07) is 1.64. The maximum atomic E-state index is 12.6. The van der Waals surface area contributed by atoms with E-state index in [2.05, 4.69) is 0 Å². The number of halogens is 3.